The fourth-order valence-corrected chi connectivity index (χ4v) is 2.83. The molecule has 0 unspecified atom stereocenters. The van der Waals surface area contributed by atoms with Crippen molar-refractivity contribution in [1.82, 2.24) is 4.98 Å². The van der Waals surface area contributed by atoms with E-state index in [2.05, 4.69) is 4.98 Å². The van der Waals surface area contributed by atoms with E-state index in [1.807, 2.05) is 4.72 Å². The summed E-state index contributed by atoms with van der Waals surface area (Å²) >= 11 is 5.63. The van der Waals surface area contributed by atoms with Crippen LogP contribution in [0.25, 0.3) is 0 Å². The summed E-state index contributed by atoms with van der Waals surface area (Å²) in [5, 5.41) is -0.728. The summed E-state index contributed by atoms with van der Waals surface area (Å²) < 4.78 is 52.6. The van der Waals surface area contributed by atoms with Gasteiger partial charge in [-0.05, 0) is 17.7 Å². The SMILES string of the molecule is NCc1ccc(S(=O)(=O)Nc2c(F)cc(F)cc2Cl)nc1. The second-order valence-electron chi connectivity index (χ2n) is 4.06. The molecule has 0 saturated carbocycles. The zero-order valence-corrected chi connectivity index (χ0v) is 12.0. The van der Waals surface area contributed by atoms with Crippen LogP contribution < -0.4 is 10.5 Å². The van der Waals surface area contributed by atoms with Crippen molar-refractivity contribution in [1.29, 1.82) is 0 Å². The Balaban J connectivity index is 2.37. The molecule has 0 aliphatic rings. The highest BCUT2D eigenvalue weighted by molar-refractivity contribution is 7.92. The van der Waals surface area contributed by atoms with Gasteiger partial charge in [0.15, 0.2) is 10.8 Å². The fraction of sp³-hybridized carbons (Fsp3) is 0.0833. The Kier molecular flexibility index (Phi) is 4.40. The van der Waals surface area contributed by atoms with E-state index in [0.717, 1.165) is 6.07 Å². The maximum atomic E-state index is 13.6. The van der Waals surface area contributed by atoms with Gasteiger partial charge in [0.25, 0.3) is 10.0 Å². The molecule has 3 N–H and O–H groups in total. The van der Waals surface area contributed by atoms with Crippen LogP contribution in [0, 0.1) is 11.6 Å². The predicted octanol–water partition coefficient (Wildman–Crippen LogP) is 2.27. The van der Waals surface area contributed by atoms with Crippen molar-refractivity contribution < 1.29 is 17.2 Å². The largest absolute Gasteiger partial charge is 0.326 e. The number of nitrogens with one attached hydrogen (secondary N) is 1. The van der Waals surface area contributed by atoms with Crippen molar-refractivity contribution in [3.05, 3.63) is 52.7 Å². The van der Waals surface area contributed by atoms with Gasteiger partial charge < -0.3 is 5.73 Å². The van der Waals surface area contributed by atoms with E-state index in [0.29, 0.717) is 11.6 Å². The van der Waals surface area contributed by atoms with Crippen LogP contribution in [-0.2, 0) is 16.6 Å². The number of aromatic nitrogens is 1. The molecule has 0 aliphatic carbocycles. The van der Waals surface area contributed by atoms with E-state index in [9.17, 15) is 17.2 Å². The first-order chi connectivity index (χ1) is 9.83. The minimum absolute atomic E-state index is 0.208. The zero-order valence-electron chi connectivity index (χ0n) is 10.5. The van der Waals surface area contributed by atoms with Gasteiger partial charge in [0.05, 0.1) is 5.02 Å². The minimum atomic E-state index is -4.14. The average molecular weight is 334 g/mol. The van der Waals surface area contributed by atoms with E-state index in [-0.39, 0.29) is 11.6 Å². The summed E-state index contributed by atoms with van der Waals surface area (Å²) in [6.45, 7) is 0.208. The second-order valence-corrected chi connectivity index (χ2v) is 6.10. The first-order valence-electron chi connectivity index (χ1n) is 5.66. The van der Waals surface area contributed by atoms with Gasteiger partial charge in [-0.2, -0.15) is 8.42 Å². The Bertz CT molecular complexity index is 744. The maximum Gasteiger partial charge on any atom is 0.279 e. The molecule has 0 saturated heterocycles. The Hall–Kier alpha value is -1.77. The summed E-state index contributed by atoms with van der Waals surface area (Å²) in [6.07, 6.45) is 1.29. The molecular weight excluding hydrogens is 324 g/mol. The molecule has 0 radical (unpaired) electrons. The van der Waals surface area contributed by atoms with Crippen LogP contribution in [0.4, 0.5) is 14.5 Å². The van der Waals surface area contributed by atoms with Crippen LogP contribution in [0.15, 0.2) is 35.5 Å². The lowest BCUT2D eigenvalue weighted by Gasteiger charge is -2.10. The topological polar surface area (TPSA) is 85.1 Å². The van der Waals surface area contributed by atoms with Gasteiger partial charge in [0.1, 0.15) is 11.5 Å². The number of halogens is 3. The van der Waals surface area contributed by atoms with E-state index < -0.39 is 32.4 Å². The standard InChI is InChI=1S/C12H10ClF2N3O2S/c13-9-3-8(14)4-10(15)12(9)18-21(19,20)11-2-1-7(5-16)6-17-11/h1-4,6,18H,5,16H2. The normalized spacial score (nSPS) is 11.4. The highest BCUT2D eigenvalue weighted by Crippen LogP contribution is 2.28. The molecule has 0 fully saturated rings. The number of pyridine rings is 1. The lowest BCUT2D eigenvalue weighted by molar-refractivity contribution is 0.582. The van der Waals surface area contributed by atoms with Crippen molar-refractivity contribution in [3.8, 4) is 0 Å². The summed E-state index contributed by atoms with van der Waals surface area (Å²) in [4.78, 5) is 3.72. The Labute approximate surface area is 124 Å². The molecule has 0 atom stereocenters. The highest BCUT2D eigenvalue weighted by atomic mass is 35.5. The zero-order chi connectivity index (χ0) is 15.6. The summed E-state index contributed by atoms with van der Waals surface area (Å²) in [5.41, 5.74) is 5.48. The van der Waals surface area contributed by atoms with E-state index in [1.165, 1.54) is 18.3 Å². The molecule has 2 aromatic rings. The number of nitrogens with two attached hydrogens (primary N) is 1. The smallest absolute Gasteiger partial charge is 0.279 e. The maximum absolute atomic E-state index is 13.6. The average Bonchev–Trinajstić information content (AvgIpc) is 2.43. The van der Waals surface area contributed by atoms with Crippen LogP contribution in [0.5, 0.6) is 0 Å². The number of nitrogens with zero attached hydrogens (tertiary/aromatic N) is 1. The summed E-state index contributed by atoms with van der Waals surface area (Å²) in [7, 11) is -4.14. The van der Waals surface area contributed by atoms with Gasteiger partial charge in [-0.3, -0.25) is 4.72 Å². The molecule has 1 aromatic heterocycles. The number of anilines is 1. The van der Waals surface area contributed by atoms with Gasteiger partial charge in [0, 0.05) is 18.8 Å². The molecule has 21 heavy (non-hydrogen) atoms. The minimum Gasteiger partial charge on any atom is -0.326 e. The molecule has 0 bridgehead atoms. The van der Waals surface area contributed by atoms with Gasteiger partial charge >= 0.3 is 0 Å². The molecule has 2 rings (SSSR count). The van der Waals surface area contributed by atoms with Crippen molar-refractivity contribution in [3.63, 3.8) is 0 Å². The highest BCUT2D eigenvalue weighted by Gasteiger charge is 2.20. The Morgan fingerprint density at radius 1 is 1.29 bits per heavy atom. The van der Waals surface area contributed by atoms with Gasteiger partial charge in [-0.1, -0.05) is 17.7 Å². The lowest BCUT2D eigenvalue weighted by atomic mass is 10.3. The van der Waals surface area contributed by atoms with Crippen molar-refractivity contribution in [2.24, 2.45) is 5.73 Å². The summed E-state index contributed by atoms with van der Waals surface area (Å²) in [5.74, 6) is -2.03. The second kappa shape index (κ2) is 5.92. The van der Waals surface area contributed by atoms with Crippen LogP contribution >= 0.6 is 11.6 Å². The lowest BCUT2D eigenvalue weighted by Crippen LogP contribution is -2.16. The third-order valence-electron chi connectivity index (χ3n) is 2.55. The fourth-order valence-electron chi connectivity index (χ4n) is 1.52. The molecule has 9 heteroatoms. The molecule has 112 valence electrons. The molecular formula is C12H10ClF2N3O2S. The number of rotatable bonds is 4. The van der Waals surface area contributed by atoms with Crippen LogP contribution in [-0.4, -0.2) is 13.4 Å². The van der Waals surface area contributed by atoms with Crippen LogP contribution in [0.1, 0.15) is 5.56 Å². The third kappa shape index (κ3) is 3.46. The van der Waals surface area contributed by atoms with Crippen molar-refractivity contribution >= 4 is 27.3 Å². The monoisotopic (exact) mass is 333 g/mol. The number of sulfonamides is 1. The Morgan fingerprint density at radius 3 is 2.52 bits per heavy atom. The molecule has 0 aliphatic heterocycles. The third-order valence-corrected chi connectivity index (χ3v) is 4.12. The molecule has 0 spiro atoms. The number of hydrogen-bond donors (Lipinski definition) is 2. The number of benzene rings is 1. The van der Waals surface area contributed by atoms with Crippen molar-refractivity contribution in [2.45, 2.75) is 11.6 Å². The molecule has 1 heterocycles. The van der Waals surface area contributed by atoms with E-state index in [4.69, 9.17) is 17.3 Å². The van der Waals surface area contributed by atoms with Gasteiger partial charge in [-0.25, -0.2) is 13.8 Å². The van der Waals surface area contributed by atoms with Crippen molar-refractivity contribution in [2.75, 3.05) is 4.72 Å². The van der Waals surface area contributed by atoms with E-state index >= 15 is 0 Å². The first-order valence-corrected chi connectivity index (χ1v) is 7.52. The molecule has 0 amide bonds. The molecule has 1 aromatic carbocycles. The summed E-state index contributed by atoms with van der Waals surface area (Å²) in [6, 6.07) is 4.02. The quantitative estimate of drug-likeness (QED) is 0.898. The molecule has 5 nitrogen and oxygen atoms in total. The first kappa shape index (κ1) is 15.6. The van der Waals surface area contributed by atoms with E-state index in [1.54, 1.807) is 0 Å². The Morgan fingerprint density at radius 2 is 2.00 bits per heavy atom. The van der Waals surface area contributed by atoms with Gasteiger partial charge in [0.2, 0.25) is 0 Å². The predicted molar refractivity (Wildman–Crippen MR) is 74.3 cm³/mol. The number of hydrogen-bond acceptors (Lipinski definition) is 4. The van der Waals surface area contributed by atoms with Gasteiger partial charge in [-0.15, -0.1) is 0 Å². The van der Waals surface area contributed by atoms with Crippen LogP contribution in [0.3, 0.4) is 0 Å². The van der Waals surface area contributed by atoms with Crippen LogP contribution in [0.2, 0.25) is 5.02 Å².